The molecule has 1 saturated heterocycles. The van der Waals surface area contributed by atoms with Crippen LogP contribution in [0, 0.1) is 6.92 Å². The van der Waals surface area contributed by atoms with Gasteiger partial charge in [0.1, 0.15) is 0 Å². The number of rotatable bonds is 4. The van der Waals surface area contributed by atoms with E-state index in [1.165, 1.54) is 21.6 Å². The Morgan fingerprint density at radius 3 is 2.38 bits per heavy atom. The van der Waals surface area contributed by atoms with Crippen LogP contribution in [-0.4, -0.2) is 65.8 Å². The maximum absolute atomic E-state index is 13.3. The number of piperazine rings is 1. The second-order valence-corrected chi connectivity index (χ2v) is 10.3. The zero-order chi connectivity index (χ0) is 23.7. The molecule has 0 unspecified atom stereocenters. The first kappa shape index (κ1) is 23.1. The average molecular weight is 494 g/mol. The number of carbonyl (C=O) groups is 2. The van der Waals surface area contributed by atoms with Crippen LogP contribution in [-0.2, 0) is 11.2 Å². The number of hydrogen-bond acceptors (Lipinski definition) is 4. The minimum atomic E-state index is -0.0710. The summed E-state index contributed by atoms with van der Waals surface area (Å²) >= 11 is 8.02. The molecule has 2 aliphatic rings. The first-order chi connectivity index (χ1) is 16.5. The summed E-state index contributed by atoms with van der Waals surface area (Å²) in [6, 6.07) is 17.9. The predicted molar refractivity (Wildman–Crippen MR) is 137 cm³/mol. The molecule has 3 aromatic rings. The molecule has 5 nitrogen and oxygen atoms in total. The zero-order valence-corrected chi connectivity index (χ0v) is 20.8. The minimum Gasteiger partial charge on any atom is -0.338 e. The van der Waals surface area contributed by atoms with Crippen molar-refractivity contribution in [3.05, 3.63) is 92.1 Å². The van der Waals surface area contributed by atoms with Gasteiger partial charge in [0.05, 0.1) is 23.2 Å². The van der Waals surface area contributed by atoms with Crippen molar-refractivity contribution in [3.8, 4) is 0 Å². The smallest absolute Gasteiger partial charge is 0.255 e. The fraction of sp³-hybridized carbons (Fsp3) is 0.333. The van der Waals surface area contributed by atoms with Crippen molar-refractivity contribution in [1.29, 1.82) is 0 Å². The first-order valence-corrected chi connectivity index (χ1v) is 13.0. The van der Waals surface area contributed by atoms with E-state index in [2.05, 4.69) is 47.5 Å². The quantitative estimate of drug-likeness (QED) is 0.531. The minimum absolute atomic E-state index is 0.0710. The number of aryl methyl sites for hydroxylation is 1. The maximum atomic E-state index is 13.3. The Morgan fingerprint density at radius 2 is 1.62 bits per heavy atom. The third-order valence-electron chi connectivity index (χ3n) is 6.91. The van der Waals surface area contributed by atoms with Crippen molar-refractivity contribution in [3.63, 3.8) is 0 Å². The van der Waals surface area contributed by atoms with Gasteiger partial charge in [-0.1, -0.05) is 48.0 Å². The Hall–Kier alpha value is -2.67. The molecule has 3 heterocycles. The van der Waals surface area contributed by atoms with Gasteiger partial charge >= 0.3 is 0 Å². The van der Waals surface area contributed by atoms with Crippen molar-refractivity contribution in [2.75, 3.05) is 39.3 Å². The fourth-order valence-electron chi connectivity index (χ4n) is 5.03. The number of hydrogen-bond donors (Lipinski definition) is 0. The fourth-order valence-corrected chi connectivity index (χ4v) is 6.15. The summed E-state index contributed by atoms with van der Waals surface area (Å²) in [5.74, 6) is 0.0560. The molecule has 176 valence electrons. The van der Waals surface area contributed by atoms with Crippen LogP contribution in [0.25, 0.3) is 0 Å². The van der Waals surface area contributed by atoms with Crippen LogP contribution >= 0.6 is 22.9 Å². The Bertz CT molecular complexity index is 1200. The van der Waals surface area contributed by atoms with E-state index in [9.17, 15) is 9.59 Å². The molecule has 34 heavy (non-hydrogen) atoms. The molecule has 1 fully saturated rings. The predicted octanol–water partition coefficient (Wildman–Crippen LogP) is 4.64. The molecule has 2 amide bonds. The number of carbonyl (C=O) groups excluding carboxylic acids is 2. The molecule has 0 aliphatic carbocycles. The van der Waals surface area contributed by atoms with Crippen LogP contribution in [0.5, 0.6) is 0 Å². The van der Waals surface area contributed by atoms with Crippen LogP contribution in [0.4, 0.5) is 0 Å². The highest BCUT2D eigenvalue weighted by Gasteiger charge is 2.33. The van der Waals surface area contributed by atoms with E-state index in [0.29, 0.717) is 43.3 Å². The van der Waals surface area contributed by atoms with Crippen molar-refractivity contribution < 1.29 is 9.59 Å². The monoisotopic (exact) mass is 493 g/mol. The second-order valence-electron chi connectivity index (χ2n) is 8.93. The summed E-state index contributed by atoms with van der Waals surface area (Å²) in [6.07, 6.45) is 0.975. The van der Waals surface area contributed by atoms with Crippen LogP contribution in [0.1, 0.15) is 38.0 Å². The number of thiophene rings is 1. The van der Waals surface area contributed by atoms with Crippen LogP contribution < -0.4 is 0 Å². The molecule has 0 bridgehead atoms. The summed E-state index contributed by atoms with van der Waals surface area (Å²) in [7, 11) is 0. The highest BCUT2D eigenvalue weighted by molar-refractivity contribution is 7.10. The van der Waals surface area contributed by atoms with Gasteiger partial charge in [0, 0.05) is 37.6 Å². The van der Waals surface area contributed by atoms with E-state index in [4.69, 9.17) is 11.6 Å². The second kappa shape index (κ2) is 9.90. The summed E-state index contributed by atoms with van der Waals surface area (Å²) in [4.78, 5) is 33.6. The SMILES string of the molecule is Cc1ccccc1[C@H]1c2ccsc2CCN1CC(=O)N1CCN(C(=O)c2ccccc2Cl)CC1. The van der Waals surface area contributed by atoms with Crippen molar-refractivity contribution >= 4 is 34.8 Å². The van der Waals surface area contributed by atoms with Gasteiger partial charge in [0.25, 0.3) is 5.91 Å². The van der Waals surface area contributed by atoms with E-state index < -0.39 is 0 Å². The van der Waals surface area contributed by atoms with Crippen LogP contribution in [0.3, 0.4) is 0 Å². The van der Waals surface area contributed by atoms with Gasteiger partial charge in [0.15, 0.2) is 0 Å². The summed E-state index contributed by atoms with van der Waals surface area (Å²) in [6.45, 7) is 5.52. The Balaban J connectivity index is 1.27. The van der Waals surface area contributed by atoms with Crippen molar-refractivity contribution in [2.45, 2.75) is 19.4 Å². The molecule has 2 aliphatic heterocycles. The lowest BCUT2D eigenvalue weighted by Crippen LogP contribution is -2.53. The van der Waals surface area contributed by atoms with E-state index >= 15 is 0 Å². The van der Waals surface area contributed by atoms with Crippen molar-refractivity contribution in [1.82, 2.24) is 14.7 Å². The molecule has 1 atom stereocenters. The lowest BCUT2D eigenvalue weighted by atomic mass is 9.90. The molecule has 2 aromatic carbocycles. The van der Waals surface area contributed by atoms with Gasteiger partial charge < -0.3 is 9.80 Å². The average Bonchev–Trinajstić information content (AvgIpc) is 3.33. The molecular formula is C27H28ClN3O2S. The lowest BCUT2D eigenvalue weighted by molar-refractivity contribution is -0.134. The molecule has 5 rings (SSSR count). The lowest BCUT2D eigenvalue weighted by Gasteiger charge is -2.39. The first-order valence-electron chi connectivity index (χ1n) is 11.7. The highest BCUT2D eigenvalue weighted by atomic mass is 35.5. The Kier molecular flexibility index (Phi) is 6.73. The number of benzene rings is 2. The van der Waals surface area contributed by atoms with Gasteiger partial charge in [-0.05, 0) is 53.6 Å². The zero-order valence-electron chi connectivity index (χ0n) is 19.2. The Morgan fingerprint density at radius 1 is 0.912 bits per heavy atom. The largest absolute Gasteiger partial charge is 0.338 e. The molecule has 0 N–H and O–H groups in total. The van der Waals surface area contributed by atoms with Crippen molar-refractivity contribution in [2.24, 2.45) is 0 Å². The van der Waals surface area contributed by atoms with Crippen LogP contribution in [0.2, 0.25) is 5.02 Å². The van der Waals surface area contributed by atoms with Gasteiger partial charge in [-0.3, -0.25) is 14.5 Å². The van der Waals surface area contributed by atoms with Crippen LogP contribution in [0.15, 0.2) is 60.0 Å². The Labute approximate surface area is 209 Å². The number of halogens is 1. The molecular weight excluding hydrogens is 466 g/mol. The van der Waals surface area contributed by atoms with E-state index in [1.807, 2.05) is 28.4 Å². The molecule has 7 heteroatoms. The van der Waals surface area contributed by atoms with E-state index in [-0.39, 0.29) is 17.9 Å². The van der Waals surface area contributed by atoms with Gasteiger partial charge in [-0.2, -0.15) is 0 Å². The highest BCUT2D eigenvalue weighted by Crippen LogP contribution is 2.38. The third kappa shape index (κ3) is 4.50. The van der Waals surface area contributed by atoms with Gasteiger partial charge in [-0.25, -0.2) is 0 Å². The normalized spacial score (nSPS) is 18.6. The topological polar surface area (TPSA) is 43.9 Å². The maximum Gasteiger partial charge on any atom is 0.255 e. The molecule has 0 saturated carbocycles. The molecule has 1 aromatic heterocycles. The van der Waals surface area contributed by atoms with E-state index in [0.717, 1.165) is 13.0 Å². The number of nitrogens with zero attached hydrogens (tertiary/aromatic N) is 3. The number of amides is 2. The summed E-state index contributed by atoms with van der Waals surface area (Å²) in [5.41, 5.74) is 4.36. The standard InChI is InChI=1S/C27H28ClN3O2S/c1-19-6-2-3-7-20(19)26-22-11-17-34-24(22)10-12-31(26)18-25(32)29-13-15-30(16-14-29)27(33)21-8-4-5-9-23(21)28/h2-9,11,17,26H,10,12-16,18H2,1H3/t26-/m0/s1. The third-order valence-corrected chi connectivity index (χ3v) is 8.24. The van der Waals surface area contributed by atoms with Gasteiger partial charge in [0.2, 0.25) is 5.91 Å². The van der Waals surface area contributed by atoms with E-state index in [1.54, 1.807) is 17.0 Å². The number of fused-ring (bicyclic) bond motifs is 1. The summed E-state index contributed by atoms with van der Waals surface area (Å²) in [5, 5.41) is 2.63. The summed E-state index contributed by atoms with van der Waals surface area (Å²) < 4.78 is 0. The molecule has 0 spiro atoms. The molecule has 0 radical (unpaired) electrons. The van der Waals surface area contributed by atoms with Gasteiger partial charge in [-0.15, -0.1) is 11.3 Å².